The molecule has 3 heteroatoms. The van der Waals surface area contributed by atoms with E-state index >= 15 is 0 Å². The number of aliphatic hydroxyl groups is 1. The molecule has 0 aliphatic carbocycles. The minimum Gasteiger partial charge on any atom is -0.391 e. The molecule has 3 nitrogen and oxygen atoms in total. The Kier molecular flexibility index (Phi) is 5.45. The van der Waals surface area contributed by atoms with E-state index in [1.165, 1.54) is 12.8 Å². The van der Waals surface area contributed by atoms with E-state index in [1.54, 1.807) is 0 Å². The molecule has 2 N–H and O–H groups in total. The first-order valence-corrected chi connectivity index (χ1v) is 5.73. The van der Waals surface area contributed by atoms with E-state index in [0.717, 1.165) is 19.6 Å². The van der Waals surface area contributed by atoms with Crippen molar-refractivity contribution in [3.05, 3.63) is 0 Å². The van der Waals surface area contributed by atoms with Gasteiger partial charge in [-0.15, -0.1) is 0 Å². The van der Waals surface area contributed by atoms with Gasteiger partial charge in [-0.05, 0) is 19.8 Å². The highest BCUT2D eigenvalue weighted by Gasteiger charge is 2.23. The minimum absolute atomic E-state index is 0.239. The largest absolute Gasteiger partial charge is 0.391 e. The van der Waals surface area contributed by atoms with Gasteiger partial charge >= 0.3 is 0 Å². The van der Waals surface area contributed by atoms with Gasteiger partial charge in [0.05, 0.1) is 12.7 Å². The maximum atomic E-state index is 9.82. The van der Waals surface area contributed by atoms with Gasteiger partial charge in [0, 0.05) is 25.1 Å². The van der Waals surface area contributed by atoms with Crippen molar-refractivity contribution in [3.63, 3.8) is 0 Å². The highest BCUT2D eigenvalue weighted by Crippen LogP contribution is 2.16. The molecule has 84 valence electrons. The number of ether oxygens (including phenoxy) is 1. The van der Waals surface area contributed by atoms with Crippen molar-refractivity contribution < 1.29 is 9.84 Å². The molecule has 0 radical (unpaired) electrons. The van der Waals surface area contributed by atoms with Crippen molar-refractivity contribution in [1.29, 1.82) is 0 Å². The average molecular weight is 201 g/mol. The first-order chi connectivity index (χ1) is 6.74. The van der Waals surface area contributed by atoms with Gasteiger partial charge in [0.25, 0.3) is 0 Å². The number of hydrogen-bond acceptors (Lipinski definition) is 3. The molecule has 1 heterocycles. The van der Waals surface area contributed by atoms with Gasteiger partial charge < -0.3 is 15.2 Å². The zero-order valence-electron chi connectivity index (χ0n) is 9.33. The van der Waals surface area contributed by atoms with Crippen LogP contribution in [0.5, 0.6) is 0 Å². The van der Waals surface area contributed by atoms with E-state index in [-0.39, 0.29) is 6.10 Å². The number of aliphatic hydroxyl groups excluding tert-OH is 1. The van der Waals surface area contributed by atoms with Crippen molar-refractivity contribution in [1.82, 2.24) is 5.32 Å². The lowest BCUT2D eigenvalue weighted by Crippen LogP contribution is -2.37. The molecule has 1 saturated heterocycles. The monoisotopic (exact) mass is 201 g/mol. The third-order valence-electron chi connectivity index (χ3n) is 2.91. The van der Waals surface area contributed by atoms with Crippen LogP contribution in [0.4, 0.5) is 0 Å². The Labute approximate surface area is 86.8 Å². The molecule has 14 heavy (non-hydrogen) atoms. The van der Waals surface area contributed by atoms with E-state index in [1.807, 2.05) is 0 Å². The summed E-state index contributed by atoms with van der Waals surface area (Å²) in [6, 6.07) is 0.511. The maximum absolute atomic E-state index is 9.82. The molecule has 1 fully saturated rings. The van der Waals surface area contributed by atoms with E-state index in [9.17, 15) is 5.11 Å². The predicted octanol–water partition coefficient (Wildman–Crippen LogP) is 1.16. The smallest absolute Gasteiger partial charge is 0.0715 e. The van der Waals surface area contributed by atoms with Crippen LogP contribution >= 0.6 is 0 Å². The van der Waals surface area contributed by atoms with Gasteiger partial charge in [0.2, 0.25) is 0 Å². The molecule has 1 aliphatic rings. The zero-order chi connectivity index (χ0) is 10.4. The Morgan fingerprint density at radius 1 is 1.57 bits per heavy atom. The van der Waals surface area contributed by atoms with Crippen LogP contribution in [-0.4, -0.2) is 37.0 Å². The lowest BCUT2D eigenvalue weighted by Gasteiger charge is -2.20. The van der Waals surface area contributed by atoms with Crippen molar-refractivity contribution in [3.8, 4) is 0 Å². The maximum Gasteiger partial charge on any atom is 0.0715 e. The second-order valence-corrected chi connectivity index (χ2v) is 4.29. The summed E-state index contributed by atoms with van der Waals surface area (Å²) >= 11 is 0. The van der Waals surface area contributed by atoms with E-state index < -0.39 is 0 Å². The summed E-state index contributed by atoms with van der Waals surface area (Å²) in [7, 11) is 0. The highest BCUT2D eigenvalue weighted by atomic mass is 16.5. The lowest BCUT2D eigenvalue weighted by atomic mass is 10.0. The number of rotatable bonds is 6. The number of nitrogens with one attached hydrogen (secondary N) is 1. The third-order valence-corrected chi connectivity index (χ3v) is 2.91. The third kappa shape index (κ3) is 3.95. The molecule has 1 aliphatic heterocycles. The lowest BCUT2D eigenvalue weighted by molar-refractivity contribution is 0.0885. The molecule has 3 atom stereocenters. The molecule has 0 aromatic carbocycles. The second kappa shape index (κ2) is 6.38. The van der Waals surface area contributed by atoms with Crippen LogP contribution in [-0.2, 0) is 4.74 Å². The molecule has 0 aromatic rings. The molecular weight excluding hydrogens is 178 g/mol. The summed E-state index contributed by atoms with van der Waals surface area (Å²) in [5.41, 5.74) is 0. The van der Waals surface area contributed by atoms with E-state index in [4.69, 9.17) is 4.74 Å². The van der Waals surface area contributed by atoms with Crippen molar-refractivity contribution in [2.45, 2.75) is 45.3 Å². The van der Waals surface area contributed by atoms with Gasteiger partial charge in [-0.3, -0.25) is 0 Å². The SMILES string of the molecule is CCCC(C)NCC(O)C1CCOC1. The molecule has 1 rings (SSSR count). The highest BCUT2D eigenvalue weighted by molar-refractivity contribution is 4.75. The zero-order valence-corrected chi connectivity index (χ0v) is 9.33. The van der Waals surface area contributed by atoms with Gasteiger partial charge in [0.15, 0.2) is 0 Å². The van der Waals surface area contributed by atoms with Gasteiger partial charge in [-0.1, -0.05) is 13.3 Å². The van der Waals surface area contributed by atoms with Crippen molar-refractivity contribution >= 4 is 0 Å². The Morgan fingerprint density at radius 3 is 2.93 bits per heavy atom. The fraction of sp³-hybridized carbons (Fsp3) is 1.00. The Bertz CT molecular complexity index is 146. The summed E-state index contributed by atoms with van der Waals surface area (Å²) in [4.78, 5) is 0. The van der Waals surface area contributed by atoms with Crippen LogP contribution in [0.3, 0.4) is 0 Å². The van der Waals surface area contributed by atoms with E-state index in [0.29, 0.717) is 18.5 Å². The van der Waals surface area contributed by atoms with Crippen molar-refractivity contribution in [2.75, 3.05) is 19.8 Å². The molecule has 0 spiro atoms. The van der Waals surface area contributed by atoms with Crippen LogP contribution in [0.25, 0.3) is 0 Å². The Hall–Kier alpha value is -0.120. The minimum atomic E-state index is -0.239. The van der Waals surface area contributed by atoms with Gasteiger partial charge in [-0.25, -0.2) is 0 Å². The summed E-state index contributed by atoms with van der Waals surface area (Å²) < 4.78 is 5.24. The normalized spacial score (nSPS) is 26.4. The standard InChI is InChI=1S/C11H23NO2/c1-3-4-9(2)12-7-11(13)10-5-6-14-8-10/h9-13H,3-8H2,1-2H3. The molecular formula is C11H23NO2. The van der Waals surface area contributed by atoms with Gasteiger partial charge in [-0.2, -0.15) is 0 Å². The summed E-state index contributed by atoms with van der Waals surface area (Å²) in [5.74, 6) is 0.344. The predicted molar refractivity (Wildman–Crippen MR) is 57.3 cm³/mol. The van der Waals surface area contributed by atoms with Crippen LogP contribution in [0.1, 0.15) is 33.1 Å². The Morgan fingerprint density at radius 2 is 2.36 bits per heavy atom. The average Bonchev–Trinajstić information content (AvgIpc) is 2.67. The Balaban J connectivity index is 2.10. The van der Waals surface area contributed by atoms with Crippen LogP contribution in [0.2, 0.25) is 0 Å². The van der Waals surface area contributed by atoms with Crippen LogP contribution in [0.15, 0.2) is 0 Å². The van der Waals surface area contributed by atoms with Crippen LogP contribution < -0.4 is 5.32 Å². The van der Waals surface area contributed by atoms with E-state index in [2.05, 4.69) is 19.2 Å². The van der Waals surface area contributed by atoms with Gasteiger partial charge in [0.1, 0.15) is 0 Å². The molecule has 0 amide bonds. The second-order valence-electron chi connectivity index (χ2n) is 4.29. The fourth-order valence-corrected chi connectivity index (χ4v) is 1.88. The molecule has 0 bridgehead atoms. The topological polar surface area (TPSA) is 41.5 Å². The summed E-state index contributed by atoms with van der Waals surface area (Å²) in [6.07, 6.45) is 3.13. The first-order valence-electron chi connectivity index (χ1n) is 5.73. The molecule has 0 saturated carbocycles. The van der Waals surface area contributed by atoms with Crippen LogP contribution in [0, 0.1) is 5.92 Å². The summed E-state index contributed by atoms with van der Waals surface area (Å²) in [6.45, 7) is 6.59. The summed E-state index contributed by atoms with van der Waals surface area (Å²) in [5, 5.41) is 13.2. The number of hydrogen-bond donors (Lipinski definition) is 2. The molecule has 0 aromatic heterocycles. The van der Waals surface area contributed by atoms with Crippen molar-refractivity contribution in [2.24, 2.45) is 5.92 Å². The molecule has 3 unspecified atom stereocenters. The quantitative estimate of drug-likeness (QED) is 0.677. The fourth-order valence-electron chi connectivity index (χ4n) is 1.88. The first kappa shape index (κ1) is 12.0.